The van der Waals surface area contributed by atoms with Crippen LogP contribution in [0.15, 0.2) is 12.2 Å². The number of aliphatic hydroxyl groups excluding tert-OH is 2. The van der Waals surface area contributed by atoms with Crippen LogP contribution >= 0.6 is 0 Å². The van der Waals surface area contributed by atoms with E-state index in [1.54, 1.807) is 0 Å². The molecule has 5 rings (SSSR count). The Morgan fingerprint density at radius 2 is 1.78 bits per heavy atom. The van der Waals surface area contributed by atoms with Crippen LogP contribution in [0.5, 0.6) is 0 Å². The van der Waals surface area contributed by atoms with E-state index in [0.29, 0.717) is 31.1 Å². The lowest BCUT2D eigenvalue weighted by Gasteiger charge is -2.64. The molecule has 0 bridgehead atoms. The average molecular weight is 505 g/mol. The lowest BCUT2D eigenvalue weighted by atomic mass is 9.42. The largest absolute Gasteiger partial charge is 0.458 e. The second-order valence-electron chi connectivity index (χ2n) is 14.2. The van der Waals surface area contributed by atoms with Crippen molar-refractivity contribution in [2.45, 2.75) is 123 Å². The van der Waals surface area contributed by atoms with Gasteiger partial charge in [0.2, 0.25) is 0 Å². The fraction of sp³-hybridized carbons (Fsp3) is 0.900. The minimum Gasteiger partial charge on any atom is -0.458 e. The zero-order valence-electron chi connectivity index (χ0n) is 23.0. The first-order valence-electron chi connectivity index (χ1n) is 14.3. The highest BCUT2D eigenvalue weighted by atomic mass is 17.1. The fourth-order valence-electron chi connectivity index (χ4n) is 11.2. The summed E-state index contributed by atoms with van der Waals surface area (Å²) < 4.78 is 5.65. The number of carbonyl (C=O) groups is 1. The van der Waals surface area contributed by atoms with E-state index < -0.39 is 17.8 Å². The maximum absolute atomic E-state index is 11.9. The van der Waals surface area contributed by atoms with Gasteiger partial charge in [0.15, 0.2) is 0 Å². The van der Waals surface area contributed by atoms with E-state index in [0.717, 1.165) is 50.5 Å². The van der Waals surface area contributed by atoms with E-state index in [9.17, 15) is 20.3 Å². The second kappa shape index (κ2) is 8.53. The van der Waals surface area contributed by atoms with Crippen LogP contribution in [-0.2, 0) is 14.4 Å². The highest BCUT2D eigenvalue weighted by Crippen LogP contribution is 2.88. The Hall–Kier alpha value is -0.950. The molecule has 6 heteroatoms. The zero-order valence-corrected chi connectivity index (χ0v) is 23.0. The molecular weight excluding hydrogens is 456 g/mol. The molecule has 5 aliphatic rings. The number of rotatable bonds is 8. The summed E-state index contributed by atoms with van der Waals surface area (Å²) in [5, 5.41) is 32.0. The Morgan fingerprint density at radius 1 is 1.06 bits per heavy atom. The summed E-state index contributed by atoms with van der Waals surface area (Å²) in [6.45, 7) is 15.6. The summed E-state index contributed by atoms with van der Waals surface area (Å²) in [5.41, 5.74) is 0.291. The number of carbonyl (C=O) groups excluding carboxylic acids is 1. The van der Waals surface area contributed by atoms with Gasteiger partial charge in [0.25, 0.3) is 6.47 Å². The minimum absolute atomic E-state index is 0.00633. The van der Waals surface area contributed by atoms with E-state index in [1.165, 1.54) is 6.42 Å². The highest BCUT2D eigenvalue weighted by Gasteiger charge is 2.84. The molecular formula is C30H48O6. The maximum atomic E-state index is 11.9. The van der Waals surface area contributed by atoms with Crippen molar-refractivity contribution in [2.75, 3.05) is 0 Å². The van der Waals surface area contributed by atoms with E-state index in [4.69, 9.17) is 4.74 Å². The number of ether oxygens (including phenoxy) is 1. The summed E-state index contributed by atoms with van der Waals surface area (Å²) in [6.07, 6.45) is 8.23. The molecule has 0 aromatic rings. The molecule has 0 unspecified atom stereocenters. The van der Waals surface area contributed by atoms with Gasteiger partial charge < -0.3 is 14.9 Å². The molecule has 0 aromatic heterocycles. The first-order chi connectivity index (χ1) is 16.9. The van der Waals surface area contributed by atoms with Gasteiger partial charge in [0, 0.05) is 5.92 Å². The van der Waals surface area contributed by atoms with Gasteiger partial charge in [-0.05, 0) is 123 Å². The summed E-state index contributed by atoms with van der Waals surface area (Å²) in [7, 11) is 0. The molecule has 36 heavy (non-hydrogen) atoms. The van der Waals surface area contributed by atoms with E-state index in [1.807, 2.05) is 13.8 Å². The lowest BCUT2D eigenvalue weighted by molar-refractivity contribution is -0.270. The molecule has 12 atom stereocenters. The van der Waals surface area contributed by atoms with Crippen LogP contribution < -0.4 is 0 Å². The van der Waals surface area contributed by atoms with Gasteiger partial charge in [-0.1, -0.05) is 27.4 Å². The topological polar surface area (TPSA) is 96.2 Å². The molecule has 0 aliphatic heterocycles. The minimum atomic E-state index is -0.918. The fourth-order valence-corrected chi connectivity index (χ4v) is 11.2. The normalized spacial score (nSPS) is 52.7. The SMILES string of the molecule is C=C(C)[C@H](CC[C@H](C)[C@@H]1CC[C@]2(C)[C@H]3[C@H](O)C[C@@H]4[C@@](C)(OC=O)[C@H](O)CC[C@]45C[C@]35CC[C@@]12C)OO. The van der Waals surface area contributed by atoms with Crippen molar-refractivity contribution in [1.29, 1.82) is 0 Å². The molecule has 5 aliphatic carbocycles. The van der Waals surface area contributed by atoms with Gasteiger partial charge in [0.1, 0.15) is 11.7 Å². The van der Waals surface area contributed by atoms with Crippen molar-refractivity contribution in [1.82, 2.24) is 0 Å². The zero-order chi connectivity index (χ0) is 26.3. The number of fused-ring (bicyclic) bond motifs is 2. The van der Waals surface area contributed by atoms with Crippen molar-refractivity contribution >= 4 is 6.47 Å². The Balaban J connectivity index is 1.42. The Labute approximate surface area is 216 Å². The molecule has 5 saturated carbocycles. The first-order valence-corrected chi connectivity index (χ1v) is 14.3. The molecule has 204 valence electrons. The van der Waals surface area contributed by atoms with Crippen molar-refractivity contribution in [2.24, 2.45) is 45.3 Å². The van der Waals surface area contributed by atoms with Crippen LogP contribution in [0.3, 0.4) is 0 Å². The number of hydrogen-bond acceptors (Lipinski definition) is 6. The molecule has 5 fully saturated rings. The van der Waals surface area contributed by atoms with Crippen molar-refractivity contribution in [3.63, 3.8) is 0 Å². The Kier molecular flexibility index (Phi) is 6.31. The number of hydrogen-bond donors (Lipinski definition) is 3. The van der Waals surface area contributed by atoms with Crippen LogP contribution in [0, 0.1) is 45.3 Å². The molecule has 0 amide bonds. The van der Waals surface area contributed by atoms with Crippen molar-refractivity contribution in [3.8, 4) is 0 Å². The highest BCUT2D eigenvalue weighted by molar-refractivity contribution is 5.41. The van der Waals surface area contributed by atoms with Crippen LogP contribution in [0.2, 0.25) is 0 Å². The third kappa shape index (κ3) is 3.20. The summed E-state index contributed by atoms with van der Waals surface area (Å²) in [5.74, 6) is 1.32. The Morgan fingerprint density at radius 3 is 2.42 bits per heavy atom. The van der Waals surface area contributed by atoms with E-state index in [-0.39, 0.29) is 39.6 Å². The quantitative estimate of drug-likeness (QED) is 0.174. The van der Waals surface area contributed by atoms with Crippen LogP contribution in [-0.4, -0.2) is 45.9 Å². The summed E-state index contributed by atoms with van der Waals surface area (Å²) in [6, 6.07) is 0. The average Bonchev–Trinajstić information content (AvgIpc) is 3.38. The Bertz CT molecular complexity index is 906. The molecule has 3 N–H and O–H groups in total. The van der Waals surface area contributed by atoms with Gasteiger partial charge in [-0.25, -0.2) is 4.89 Å². The molecule has 0 saturated heterocycles. The standard InChI is InChI=1S/C30H48O6/c1-18(2)22(36-34)8-7-19(3)20-9-11-27(5)25-21(32)15-23-28(6,35-17-31)24(33)10-12-29(23)16-30(25,29)14-13-26(20,27)4/h17,19-25,32-34H,1,7-16H2,2-6H3/t19-,20-,21+,22-,23+,24+,25+,26-,27+,28+,29-,30+/m0/s1. The van der Waals surface area contributed by atoms with Gasteiger partial charge >= 0.3 is 0 Å². The van der Waals surface area contributed by atoms with Gasteiger partial charge in [-0.2, -0.15) is 0 Å². The number of aliphatic hydroxyl groups is 2. The molecule has 2 spiro atoms. The van der Waals surface area contributed by atoms with Gasteiger partial charge in [-0.3, -0.25) is 10.1 Å². The van der Waals surface area contributed by atoms with Crippen molar-refractivity contribution < 1.29 is 29.9 Å². The monoisotopic (exact) mass is 504 g/mol. The molecule has 0 heterocycles. The van der Waals surface area contributed by atoms with E-state index >= 15 is 0 Å². The molecule has 0 radical (unpaired) electrons. The molecule has 6 nitrogen and oxygen atoms in total. The third-order valence-electron chi connectivity index (χ3n) is 13.3. The van der Waals surface area contributed by atoms with Crippen molar-refractivity contribution in [3.05, 3.63) is 12.2 Å². The van der Waals surface area contributed by atoms with Gasteiger partial charge in [-0.15, -0.1) is 0 Å². The van der Waals surface area contributed by atoms with Crippen LogP contribution in [0.4, 0.5) is 0 Å². The maximum Gasteiger partial charge on any atom is 0.293 e. The second-order valence-corrected chi connectivity index (χ2v) is 14.2. The van der Waals surface area contributed by atoms with Crippen LogP contribution in [0.25, 0.3) is 0 Å². The summed E-state index contributed by atoms with van der Waals surface area (Å²) >= 11 is 0. The first kappa shape index (κ1) is 26.6. The van der Waals surface area contributed by atoms with Crippen LogP contribution in [0.1, 0.15) is 98.8 Å². The summed E-state index contributed by atoms with van der Waals surface area (Å²) in [4.78, 5) is 16.1. The molecule has 0 aromatic carbocycles. The lowest BCUT2D eigenvalue weighted by Crippen LogP contribution is -2.64. The van der Waals surface area contributed by atoms with E-state index in [2.05, 4.69) is 32.2 Å². The third-order valence-corrected chi connectivity index (χ3v) is 13.3. The smallest absolute Gasteiger partial charge is 0.293 e. The predicted molar refractivity (Wildman–Crippen MR) is 137 cm³/mol. The van der Waals surface area contributed by atoms with Gasteiger partial charge in [0.05, 0.1) is 12.2 Å². The predicted octanol–water partition coefficient (Wildman–Crippen LogP) is 5.51.